The zero-order valence-electron chi connectivity index (χ0n) is 14.0. The second kappa shape index (κ2) is 8.22. The minimum Gasteiger partial charge on any atom is -0.399 e. The van der Waals surface area contributed by atoms with Crippen LogP contribution < -0.4 is 16.4 Å². The summed E-state index contributed by atoms with van der Waals surface area (Å²) in [4.78, 5) is 12.4. The molecule has 0 atom stereocenters. The molecular formula is C19H19ClN4O. The van der Waals surface area contributed by atoms with Gasteiger partial charge in [-0.3, -0.25) is 4.79 Å². The zero-order chi connectivity index (χ0) is 18.4. The third-order valence-electron chi connectivity index (χ3n) is 3.56. The summed E-state index contributed by atoms with van der Waals surface area (Å²) in [6.45, 7) is 4.08. The largest absolute Gasteiger partial charge is 0.399 e. The first-order valence-corrected chi connectivity index (χ1v) is 8.12. The Morgan fingerprint density at radius 3 is 2.60 bits per heavy atom. The predicted octanol–water partition coefficient (Wildman–Crippen LogP) is 4.50. The van der Waals surface area contributed by atoms with Gasteiger partial charge in [-0.2, -0.15) is 5.26 Å². The lowest BCUT2D eigenvalue weighted by atomic mass is 10.0. The van der Waals surface area contributed by atoms with Gasteiger partial charge in [0.05, 0.1) is 10.7 Å². The van der Waals surface area contributed by atoms with Gasteiger partial charge >= 0.3 is 0 Å². The number of nitriles is 1. The summed E-state index contributed by atoms with van der Waals surface area (Å²) in [7, 11) is 0. The van der Waals surface area contributed by atoms with Crippen molar-refractivity contribution in [1.29, 1.82) is 5.26 Å². The summed E-state index contributed by atoms with van der Waals surface area (Å²) >= 11 is 6.07. The number of para-hydroxylation sites is 1. The Bertz CT molecular complexity index is 853. The van der Waals surface area contributed by atoms with E-state index in [2.05, 4.69) is 10.6 Å². The molecule has 0 bridgehead atoms. The first kappa shape index (κ1) is 18.4. The fraction of sp³-hybridized carbons (Fsp3) is 0.158. The fourth-order valence-electron chi connectivity index (χ4n) is 2.25. The molecule has 128 valence electrons. The van der Waals surface area contributed by atoms with Crippen LogP contribution in [0.1, 0.15) is 25.3 Å². The van der Waals surface area contributed by atoms with Crippen molar-refractivity contribution in [2.24, 2.45) is 0 Å². The van der Waals surface area contributed by atoms with Gasteiger partial charge in [0.1, 0.15) is 11.6 Å². The number of anilines is 3. The lowest BCUT2D eigenvalue weighted by Crippen LogP contribution is -2.16. The summed E-state index contributed by atoms with van der Waals surface area (Å²) in [5.74, 6) is -0.243. The van der Waals surface area contributed by atoms with Crippen LogP contribution in [0, 0.1) is 11.3 Å². The highest BCUT2D eigenvalue weighted by atomic mass is 35.5. The maximum absolute atomic E-state index is 12.4. The number of halogens is 1. The summed E-state index contributed by atoms with van der Waals surface area (Å²) in [5, 5.41) is 15.3. The van der Waals surface area contributed by atoms with Crippen LogP contribution in [0.15, 0.2) is 54.2 Å². The van der Waals surface area contributed by atoms with Gasteiger partial charge in [-0.1, -0.05) is 43.6 Å². The van der Waals surface area contributed by atoms with E-state index in [0.717, 1.165) is 5.56 Å². The minimum atomic E-state index is -0.491. The number of hydrogen-bond acceptors (Lipinski definition) is 4. The SMILES string of the molecule is CC(C)c1ccccc1NC(=O)/C(C#N)=C\Nc1ccc(N)cc1Cl. The highest BCUT2D eigenvalue weighted by Gasteiger charge is 2.13. The molecule has 0 radical (unpaired) electrons. The molecule has 0 fully saturated rings. The topological polar surface area (TPSA) is 90.9 Å². The average Bonchev–Trinajstić information content (AvgIpc) is 2.57. The molecule has 5 nitrogen and oxygen atoms in total. The maximum Gasteiger partial charge on any atom is 0.267 e. The van der Waals surface area contributed by atoms with Gasteiger partial charge in [0.25, 0.3) is 5.91 Å². The molecule has 0 aliphatic carbocycles. The lowest BCUT2D eigenvalue weighted by Gasteiger charge is -2.13. The third-order valence-corrected chi connectivity index (χ3v) is 3.87. The molecule has 0 heterocycles. The second-order valence-electron chi connectivity index (χ2n) is 5.75. The number of nitrogens with zero attached hydrogens (tertiary/aromatic N) is 1. The lowest BCUT2D eigenvalue weighted by molar-refractivity contribution is -0.112. The van der Waals surface area contributed by atoms with E-state index in [-0.39, 0.29) is 11.5 Å². The maximum atomic E-state index is 12.4. The van der Waals surface area contributed by atoms with Crippen LogP contribution in [0.25, 0.3) is 0 Å². The van der Waals surface area contributed by atoms with Crippen molar-refractivity contribution < 1.29 is 4.79 Å². The van der Waals surface area contributed by atoms with E-state index in [1.54, 1.807) is 18.2 Å². The molecule has 0 unspecified atom stereocenters. The van der Waals surface area contributed by atoms with Crippen LogP contribution in [0.2, 0.25) is 5.02 Å². The minimum absolute atomic E-state index is 0.0635. The Morgan fingerprint density at radius 2 is 1.96 bits per heavy atom. The van der Waals surface area contributed by atoms with Crippen molar-refractivity contribution in [3.8, 4) is 6.07 Å². The van der Waals surface area contributed by atoms with Crippen molar-refractivity contribution in [1.82, 2.24) is 0 Å². The first-order valence-electron chi connectivity index (χ1n) is 7.74. The molecule has 25 heavy (non-hydrogen) atoms. The predicted molar refractivity (Wildman–Crippen MR) is 102 cm³/mol. The number of carbonyl (C=O) groups is 1. The Kier molecular flexibility index (Phi) is 6.04. The van der Waals surface area contributed by atoms with Gasteiger partial charge in [-0.05, 0) is 35.7 Å². The van der Waals surface area contributed by atoms with E-state index in [1.165, 1.54) is 6.20 Å². The molecule has 0 aromatic heterocycles. The Labute approximate surface area is 152 Å². The quantitative estimate of drug-likeness (QED) is 0.418. The highest BCUT2D eigenvalue weighted by Crippen LogP contribution is 2.25. The van der Waals surface area contributed by atoms with Crippen molar-refractivity contribution >= 4 is 34.6 Å². The molecule has 2 aromatic rings. The van der Waals surface area contributed by atoms with Crippen LogP contribution in [0.4, 0.5) is 17.1 Å². The van der Waals surface area contributed by atoms with E-state index >= 15 is 0 Å². The fourth-order valence-corrected chi connectivity index (χ4v) is 2.49. The molecule has 0 saturated carbocycles. The average molecular weight is 355 g/mol. The zero-order valence-corrected chi connectivity index (χ0v) is 14.8. The number of benzene rings is 2. The summed E-state index contributed by atoms with van der Waals surface area (Å²) in [5.41, 5.74) is 8.35. The standard InChI is InChI=1S/C19H19ClN4O/c1-12(2)15-5-3-4-6-17(15)24-19(25)13(10-21)11-23-18-8-7-14(22)9-16(18)20/h3-9,11-12,23H,22H2,1-2H3,(H,24,25)/b13-11-. The molecule has 6 heteroatoms. The molecule has 2 aromatic carbocycles. The van der Waals surface area contributed by atoms with E-state index < -0.39 is 5.91 Å². The molecule has 1 amide bonds. The summed E-state index contributed by atoms with van der Waals surface area (Å²) < 4.78 is 0. The van der Waals surface area contributed by atoms with Gasteiger partial charge < -0.3 is 16.4 Å². The molecule has 0 saturated heterocycles. The Balaban J connectivity index is 2.17. The van der Waals surface area contributed by atoms with E-state index in [4.69, 9.17) is 17.3 Å². The van der Waals surface area contributed by atoms with E-state index in [1.807, 2.05) is 44.2 Å². The number of nitrogens with two attached hydrogens (primary N) is 1. The number of amides is 1. The van der Waals surface area contributed by atoms with Gasteiger partial charge in [0.15, 0.2) is 0 Å². The van der Waals surface area contributed by atoms with Crippen LogP contribution in [0.3, 0.4) is 0 Å². The normalized spacial score (nSPS) is 11.1. The van der Waals surface area contributed by atoms with Crippen molar-refractivity contribution in [2.75, 3.05) is 16.4 Å². The van der Waals surface area contributed by atoms with Crippen LogP contribution in [0.5, 0.6) is 0 Å². The molecule has 2 rings (SSSR count). The number of hydrogen-bond donors (Lipinski definition) is 3. The molecular weight excluding hydrogens is 336 g/mol. The second-order valence-corrected chi connectivity index (χ2v) is 6.16. The van der Waals surface area contributed by atoms with E-state index in [9.17, 15) is 10.1 Å². The van der Waals surface area contributed by atoms with E-state index in [0.29, 0.717) is 22.1 Å². The Morgan fingerprint density at radius 1 is 1.24 bits per heavy atom. The molecule has 4 N–H and O–H groups in total. The summed E-state index contributed by atoms with van der Waals surface area (Å²) in [6.07, 6.45) is 1.32. The van der Waals surface area contributed by atoms with Crippen molar-refractivity contribution in [3.63, 3.8) is 0 Å². The highest BCUT2D eigenvalue weighted by molar-refractivity contribution is 6.33. The van der Waals surface area contributed by atoms with Crippen LogP contribution in [-0.4, -0.2) is 5.91 Å². The van der Waals surface area contributed by atoms with Gasteiger partial charge in [0.2, 0.25) is 0 Å². The molecule has 0 spiro atoms. The number of nitrogens with one attached hydrogen (secondary N) is 2. The third kappa shape index (κ3) is 4.75. The van der Waals surface area contributed by atoms with Crippen LogP contribution in [-0.2, 0) is 4.79 Å². The smallest absolute Gasteiger partial charge is 0.267 e. The van der Waals surface area contributed by atoms with Gasteiger partial charge in [0, 0.05) is 17.6 Å². The number of rotatable bonds is 5. The van der Waals surface area contributed by atoms with Gasteiger partial charge in [-0.15, -0.1) is 0 Å². The van der Waals surface area contributed by atoms with Gasteiger partial charge in [-0.25, -0.2) is 0 Å². The number of carbonyl (C=O) groups excluding carboxylic acids is 1. The number of nitrogen functional groups attached to an aromatic ring is 1. The Hall–Kier alpha value is -2.97. The van der Waals surface area contributed by atoms with Crippen molar-refractivity contribution in [3.05, 3.63) is 64.8 Å². The summed E-state index contributed by atoms with van der Waals surface area (Å²) in [6, 6.07) is 14.3. The monoisotopic (exact) mass is 354 g/mol. The molecule has 0 aliphatic rings. The first-order chi connectivity index (χ1) is 11.9. The van der Waals surface area contributed by atoms with Crippen LogP contribution >= 0.6 is 11.6 Å². The molecule has 0 aliphatic heterocycles. The van der Waals surface area contributed by atoms with Crippen molar-refractivity contribution in [2.45, 2.75) is 19.8 Å².